The quantitative estimate of drug-likeness (QED) is 0.720. The molecule has 0 aliphatic carbocycles. The predicted molar refractivity (Wildman–Crippen MR) is 80.1 cm³/mol. The molecule has 0 saturated carbocycles. The summed E-state index contributed by atoms with van der Waals surface area (Å²) in [6.45, 7) is 2.09. The van der Waals surface area contributed by atoms with Gasteiger partial charge in [-0.3, -0.25) is 0 Å². The van der Waals surface area contributed by atoms with Crippen LogP contribution in [0.4, 0.5) is 0 Å². The van der Waals surface area contributed by atoms with E-state index >= 15 is 0 Å². The molecule has 0 saturated heterocycles. The first-order valence-electron chi connectivity index (χ1n) is 6.73. The third kappa shape index (κ3) is 2.43. The molecule has 0 fully saturated rings. The van der Waals surface area contributed by atoms with Gasteiger partial charge in [-0.15, -0.1) is 10.2 Å². The first kappa shape index (κ1) is 12.5. The van der Waals surface area contributed by atoms with Crippen molar-refractivity contribution < 1.29 is 0 Å². The van der Waals surface area contributed by atoms with Crippen LogP contribution in [0.3, 0.4) is 0 Å². The third-order valence-corrected chi connectivity index (χ3v) is 3.17. The Bertz CT molecular complexity index is 694. The lowest BCUT2D eigenvalue weighted by atomic mass is 10.1. The van der Waals surface area contributed by atoms with E-state index in [4.69, 9.17) is 0 Å². The molecule has 2 aromatic carbocycles. The maximum Gasteiger partial charge on any atom is 0.182 e. The molecule has 1 aromatic heterocycles. The number of benzene rings is 2. The van der Waals surface area contributed by atoms with Gasteiger partial charge < -0.3 is 0 Å². The fraction of sp³-hybridized carbons (Fsp3) is 0.118. The van der Waals surface area contributed by atoms with Gasteiger partial charge in [0.05, 0.1) is 5.69 Å². The highest BCUT2D eigenvalue weighted by Gasteiger charge is 2.10. The molecule has 0 atom stereocenters. The smallest absolute Gasteiger partial charge is 0.182 e. The van der Waals surface area contributed by atoms with Crippen LogP contribution in [0.2, 0.25) is 0 Å². The Balaban J connectivity index is 2.07. The lowest BCUT2D eigenvalue weighted by molar-refractivity contribution is 0.917. The zero-order chi connectivity index (χ0) is 13.8. The fourth-order valence-corrected chi connectivity index (χ4v) is 2.13. The minimum absolute atomic E-state index is 0.683. The van der Waals surface area contributed by atoms with E-state index in [-0.39, 0.29) is 0 Å². The number of hydrogen-bond acceptors (Lipinski definition) is 3. The van der Waals surface area contributed by atoms with Crippen LogP contribution in [0.15, 0.2) is 60.7 Å². The van der Waals surface area contributed by atoms with Gasteiger partial charge in [-0.1, -0.05) is 67.6 Å². The SMILES string of the molecule is CCc1nc(-c2ccccc2)nnc1-c1ccccc1. The van der Waals surface area contributed by atoms with Gasteiger partial charge in [0, 0.05) is 11.1 Å². The summed E-state index contributed by atoms with van der Waals surface area (Å²) < 4.78 is 0. The van der Waals surface area contributed by atoms with Crippen LogP contribution in [0, 0.1) is 0 Å². The van der Waals surface area contributed by atoms with Crippen molar-refractivity contribution in [3.63, 3.8) is 0 Å². The molecule has 3 aromatic rings. The second kappa shape index (κ2) is 5.61. The lowest BCUT2D eigenvalue weighted by Crippen LogP contribution is -2.01. The Hall–Kier alpha value is -2.55. The highest BCUT2D eigenvalue weighted by Crippen LogP contribution is 2.22. The molecular weight excluding hydrogens is 246 g/mol. The van der Waals surface area contributed by atoms with Gasteiger partial charge in [0.15, 0.2) is 5.82 Å². The van der Waals surface area contributed by atoms with E-state index in [0.29, 0.717) is 5.82 Å². The van der Waals surface area contributed by atoms with E-state index in [1.807, 2.05) is 60.7 Å². The summed E-state index contributed by atoms with van der Waals surface area (Å²) in [6.07, 6.45) is 0.833. The summed E-state index contributed by atoms with van der Waals surface area (Å²) in [5, 5.41) is 8.66. The molecule has 0 bridgehead atoms. The molecule has 0 spiro atoms. The van der Waals surface area contributed by atoms with Crippen molar-refractivity contribution in [3.05, 3.63) is 66.4 Å². The Morgan fingerprint density at radius 1 is 0.750 bits per heavy atom. The highest BCUT2D eigenvalue weighted by atomic mass is 15.2. The number of aryl methyl sites for hydroxylation is 1. The van der Waals surface area contributed by atoms with Crippen molar-refractivity contribution in [1.82, 2.24) is 15.2 Å². The fourth-order valence-electron chi connectivity index (χ4n) is 2.13. The van der Waals surface area contributed by atoms with Crippen molar-refractivity contribution in [2.75, 3.05) is 0 Å². The van der Waals surface area contributed by atoms with E-state index in [1.165, 1.54) is 0 Å². The third-order valence-electron chi connectivity index (χ3n) is 3.17. The summed E-state index contributed by atoms with van der Waals surface area (Å²) in [7, 11) is 0. The van der Waals surface area contributed by atoms with E-state index in [9.17, 15) is 0 Å². The number of hydrogen-bond donors (Lipinski definition) is 0. The second-order valence-corrected chi connectivity index (χ2v) is 4.52. The number of nitrogens with zero attached hydrogens (tertiary/aromatic N) is 3. The largest absolute Gasteiger partial charge is 0.229 e. The normalized spacial score (nSPS) is 10.4. The molecule has 0 radical (unpaired) electrons. The summed E-state index contributed by atoms with van der Waals surface area (Å²) >= 11 is 0. The van der Waals surface area contributed by atoms with Gasteiger partial charge in [0.25, 0.3) is 0 Å². The summed E-state index contributed by atoms with van der Waals surface area (Å²) in [6, 6.07) is 20.0. The topological polar surface area (TPSA) is 38.7 Å². The maximum atomic E-state index is 4.66. The molecule has 0 aliphatic rings. The van der Waals surface area contributed by atoms with Crippen LogP contribution in [0.1, 0.15) is 12.6 Å². The maximum absolute atomic E-state index is 4.66. The van der Waals surface area contributed by atoms with Crippen LogP contribution >= 0.6 is 0 Å². The molecular formula is C17H15N3. The molecule has 0 unspecified atom stereocenters. The molecule has 20 heavy (non-hydrogen) atoms. The molecule has 0 N–H and O–H groups in total. The van der Waals surface area contributed by atoms with E-state index < -0.39 is 0 Å². The molecule has 0 amide bonds. The monoisotopic (exact) mass is 261 g/mol. The van der Waals surface area contributed by atoms with Crippen molar-refractivity contribution >= 4 is 0 Å². The Labute approximate surface area is 118 Å². The zero-order valence-corrected chi connectivity index (χ0v) is 11.3. The molecule has 1 heterocycles. The van der Waals surface area contributed by atoms with Crippen molar-refractivity contribution in [1.29, 1.82) is 0 Å². The van der Waals surface area contributed by atoms with Gasteiger partial charge in [0.1, 0.15) is 5.69 Å². The van der Waals surface area contributed by atoms with Crippen molar-refractivity contribution in [2.45, 2.75) is 13.3 Å². The first-order chi connectivity index (χ1) is 9.88. The van der Waals surface area contributed by atoms with Crippen molar-refractivity contribution in [3.8, 4) is 22.6 Å². The summed E-state index contributed by atoms with van der Waals surface area (Å²) in [5.74, 6) is 0.683. The summed E-state index contributed by atoms with van der Waals surface area (Å²) in [4.78, 5) is 4.66. The van der Waals surface area contributed by atoms with Crippen molar-refractivity contribution in [2.24, 2.45) is 0 Å². The Kier molecular flexibility index (Phi) is 3.50. The number of rotatable bonds is 3. The highest BCUT2D eigenvalue weighted by molar-refractivity contribution is 5.63. The minimum Gasteiger partial charge on any atom is -0.229 e. The van der Waals surface area contributed by atoms with Gasteiger partial charge in [-0.25, -0.2) is 4.98 Å². The molecule has 0 aliphatic heterocycles. The molecule has 3 nitrogen and oxygen atoms in total. The van der Waals surface area contributed by atoms with E-state index in [1.54, 1.807) is 0 Å². The van der Waals surface area contributed by atoms with E-state index in [0.717, 1.165) is 28.9 Å². The minimum atomic E-state index is 0.683. The summed E-state index contributed by atoms with van der Waals surface area (Å²) in [5.41, 5.74) is 3.90. The second-order valence-electron chi connectivity index (χ2n) is 4.52. The van der Waals surface area contributed by atoms with Crippen LogP contribution in [-0.4, -0.2) is 15.2 Å². The van der Waals surface area contributed by atoms with Crippen LogP contribution in [0.25, 0.3) is 22.6 Å². The van der Waals surface area contributed by atoms with Gasteiger partial charge in [-0.05, 0) is 6.42 Å². The lowest BCUT2D eigenvalue weighted by Gasteiger charge is -2.07. The average molecular weight is 261 g/mol. The van der Waals surface area contributed by atoms with Gasteiger partial charge in [0.2, 0.25) is 0 Å². The van der Waals surface area contributed by atoms with Gasteiger partial charge in [-0.2, -0.15) is 0 Å². The average Bonchev–Trinajstić information content (AvgIpc) is 2.56. The van der Waals surface area contributed by atoms with Crippen LogP contribution in [-0.2, 0) is 6.42 Å². The zero-order valence-electron chi connectivity index (χ0n) is 11.3. The Morgan fingerprint density at radius 3 is 1.95 bits per heavy atom. The van der Waals surface area contributed by atoms with Crippen LogP contribution in [0.5, 0.6) is 0 Å². The number of aromatic nitrogens is 3. The van der Waals surface area contributed by atoms with E-state index in [2.05, 4.69) is 22.1 Å². The standard InChI is InChI=1S/C17H15N3/c1-2-15-16(13-9-5-3-6-10-13)19-20-17(18-15)14-11-7-4-8-12-14/h3-12H,2H2,1H3. The molecule has 3 rings (SSSR count). The predicted octanol–water partition coefficient (Wildman–Crippen LogP) is 3.77. The molecule has 3 heteroatoms. The first-order valence-corrected chi connectivity index (χ1v) is 6.73. The van der Waals surface area contributed by atoms with Crippen LogP contribution < -0.4 is 0 Å². The Morgan fingerprint density at radius 2 is 1.35 bits per heavy atom. The molecule has 98 valence electrons. The van der Waals surface area contributed by atoms with Gasteiger partial charge >= 0.3 is 0 Å².